The van der Waals surface area contributed by atoms with Gasteiger partial charge in [-0.15, -0.1) is 0 Å². The summed E-state index contributed by atoms with van der Waals surface area (Å²) in [6.45, 7) is 2.74. The lowest BCUT2D eigenvalue weighted by molar-refractivity contribution is -0.143. The minimum atomic E-state index is -5.08. The zero-order valence-electron chi connectivity index (χ0n) is 21.6. The average Bonchev–Trinajstić information content (AvgIpc) is 2.84. The van der Waals surface area contributed by atoms with E-state index in [4.69, 9.17) is 9.47 Å². The molecule has 2 aromatic carbocycles. The van der Waals surface area contributed by atoms with E-state index in [0.717, 1.165) is 4.90 Å². The number of benzene rings is 2. The number of ether oxygens (including phenoxy) is 2. The number of alkyl halides is 6. The first-order valence-corrected chi connectivity index (χ1v) is 12.0. The van der Waals surface area contributed by atoms with E-state index in [2.05, 4.69) is 0 Å². The summed E-state index contributed by atoms with van der Waals surface area (Å²) in [5.74, 6) is 0.238. The summed E-state index contributed by atoms with van der Waals surface area (Å²) in [4.78, 5) is 27.7. The second kappa shape index (κ2) is 11.2. The van der Waals surface area contributed by atoms with E-state index in [-0.39, 0.29) is 36.3 Å². The topological polar surface area (TPSA) is 79.3 Å². The molecular weight excluding hydrogens is 534 g/mol. The summed E-state index contributed by atoms with van der Waals surface area (Å²) in [7, 11) is 2.72. The molecule has 0 saturated carbocycles. The van der Waals surface area contributed by atoms with Crippen molar-refractivity contribution in [2.24, 2.45) is 0 Å². The molecule has 39 heavy (non-hydrogen) atoms. The van der Waals surface area contributed by atoms with Crippen molar-refractivity contribution in [3.05, 3.63) is 52.6 Å². The number of rotatable bonds is 7. The van der Waals surface area contributed by atoms with Crippen LogP contribution in [-0.2, 0) is 23.7 Å². The van der Waals surface area contributed by atoms with Gasteiger partial charge < -0.3 is 19.5 Å². The second-order valence-corrected chi connectivity index (χ2v) is 9.20. The first kappa shape index (κ1) is 29.9. The van der Waals surface area contributed by atoms with Gasteiger partial charge in [0.2, 0.25) is 5.91 Å². The lowest BCUT2D eigenvalue weighted by atomic mass is 9.89. The Morgan fingerprint density at radius 2 is 1.51 bits per heavy atom. The number of anilines is 1. The molecule has 2 amide bonds. The summed E-state index contributed by atoms with van der Waals surface area (Å²) >= 11 is 0. The maximum atomic E-state index is 13.4. The van der Waals surface area contributed by atoms with Crippen molar-refractivity contribution < 1.29 is 50.5 Å². The molecule has 0 spiro atoms. The molecule has 13 heteroatoms. The number of hydrogen-bond acceptors (Lipinski definition) is 4. The van der Waals surface area contributed by atoms with Crippen LogP contribution >= 0.6 is 0 Å². The van der Waals surface area contributed by atoms with Gasteiger partial charge in [0.25, 0.3) is 0 Å². The third-order valence-electron chi connectivity index (χ3n) is 6.51. The first-order chi connectivity index (χ1) is 18.1. The maximum Gasteiger partial charge on any atom is 0.416 e. The van der Waals surface area contributed by atoms with Gasteiger partial charge in [0.1, 0.15) is 0 Å². The molecule has 1 aliphatic rings. The molecule has 0 aliphatic carbocycles. The molecule has 0 radical (unpaired) electrons. The van der Waals surface area contributed by atoms with Crippen LogP contribution in [0.1, 0.15) is 61.4 Å². The normalized spacial score (nSPS) is 17.4. The van der Waals surface area contributed by atoms with Crippen LogP contribution in [0.5, 0.6) is 11.5 Å². The monoisotopic (exact) mass is 562 g/mol. The number of methoxy groups -OCH3 is 2. The van der Waals surface area contributed by atoms with E-state index in [0.29, 0.717) is 29.8 Å². The maximum absolute atomic E-state index is 13.4. The summed E-state index contributed by atoms with van der Waals surface area (Å²) in [6, 6.07) is 2.40. The predicted octanol–water partition coefficient (Wildman–Crippen LogP) is 6.89. The number of carbonyl (C=O) groups is 2. The fourth-order valence-electron chi connectivity index (χ4n) is 4.78. The van der Waals surface area contributed by atoms with Crippen LogP contribution in [0.25, 0.3) is 0 Å². The molecule has 0 bridgehead atoms. The quantitative estimate of drug-likeness (QED) is 0.372. The zero-order valence-corrected chi connectivity index (χ0v) is 21.6. The SMILES string of the molecule is CCCC(=O)N1c2cc(OC)c(OC)cc2[C@@H](N(Cc2cc(C(F)(F)F)cc(C(F)(F)F)c2)C(=O)O)C[C@H]1C. The third kappa shape index (κ3) is 6.34. The predicted molar refractivity (Wildman–Crippen MR) is 129 cm³/mol. The van der Waals surface area contributed by atoms with E-state index < -0.39 is 53.8 Å². The van der Waals surface area contributed by atoms with Crippen molar-refractivity contribution in [1.29, 1.82) is 0 Å². The molecule has 0 unspecified atom stereocenters. The number of nitrogens with zero attached hydrogens (tertiary/aromatic N) is 2. The number of amides is 2. The van der Waals surface area contributed by atoms with Crippen LogP contribution in [0, 0.1) is 0 Å². The van der Waals surface area contributed by atoms with Crippen molar-refractivity contribution in [2.45, 2.75) is 64.1 Å². The molecule has 7 nitrogen and oxygen atoms in total. The Labute approximate surface area is 220 Å². The third-order valence-corrected chi connectivity index (χ3v) is 6.51. The van der Waals surface area contributed by atoms with Crippen molar-refractivity contribution in [2.75, 3.05) is 19.1 Å². The van der Waals surface area contributed by atoms with Crippen molar-refractivity contribution in [3.8, 4) is 11.5 Å². The molecule has 0 fully saturated rings. The van der Waals surface area contributed by atoms with E-state index in [1.807, 2.05) is 6.92 Å². The highest BCUT2D eigenvalue weighted by Gasteiger charge is 2.41. The molecule has 1 N–H and O–H groups in total. The Kier molecular flexibility index (Phi) is 8.61. The highest BCUT2D eigenvalue weighted by atomic mass is 19.4. The standard InChI is InChI=1S/C26H28F6N2O5/c1-5-6-23(35)34-14(2)7-19(18-11-21(38-3)22(39-4)12-20(18)34)33(24(36)37)13-15-8-16(25(27,28)29)10-17(9-15)26(30,31)32/h8-12,14,19H,5-7,13H2,1-4H3,(H,36,37)/t14-,19+/m1/s1. The number of carbonyl (C=O) groups excluding carboxylic acids is 1. The Hall–Kier alpha value is -3.64. The van der Waals surface area contributed by atoms with Crippen LogP contribution < -0.4 is 14.4 Å². The van der Waals surface area contributed by atoms with Gasteiger partial charge >= 0.3 is 18.4 Å². The summed E-state index contributed by atoms with van der Waals surface area (Å²) in [5, 5.41) is 10.1. The van der Waals surface area contributed by atoms with Crippen LogP contribution in [0.15, 0.2) is 30.3 Å². The first-order valence-electron chi connectivity index (χ1n) is 12.0. The Morgan fingerprint density at radius 3 is 1.97 bits per heavy atom. The summed E-state index contributed by atoms with van der Waals surface area (Å²) in [5.41, 5.74) is -2.95. The Morgan fingerprint density at radius 1 is 0.974 bits per heavy atom. The minimum Gasteiger partial charge on any atom is -0.493 e. The van der Waals surface area contributed by atoms with E-state index in [9.17, 15) is 41.0 Å². The molecule has 0 aromatic heterocycles. The van der Waals surface area contributed by atoms with E-state index in [1.165, 1.54) is 31.3 Å². The second-order valence-electron chi connectivity index (χ2n) is 9.20. The highest BCUT2D eigenvalue weighted by molar-refractivity contribution is 5.96. The number of hydrogen-bond donors (Lipinski definition) is 1. The lowest BCUT2D eigenvalue weighted by Crippen LogP contribution is -2.47. The lowest BCUT2D eigenvalue weighted by Gasteiger charge is -2.43. The highest BCUT2D eigenvalue weighted by Crippen LogP contribution is 2.47. The Bertz CT molecular complexity index is 1200. The average molecular weight is 563 g/mol. The number of carboxylic acid groups (broad SMARTS) is 1. The van der Waals surface area contributed by atoms with E-state index >= 15 is 0 Å². The summed E-state index contributed by atoms with van der Waals surface area (Å²) < 4.78 is 91.2. The van der Waals surface area contributed by atoms with Gasteiger partial charge in [-0.25, -0.2) is 4.79 Å². The molecule has 1 heterocycles. The van der Waals surface area contributed by atoms with Crippen molar-refractivity contribution in [1.82, 2.24) is 4.90 Å². The fourth-order valence-corrected chi connectivity index (χ4v) is 4.78. The van der Waals surface area contributed by atoms with Crippen molar-refractivity contribution in [3.63, 3.8) is 0 Å². The molecule has 3 rings (SSSR count). The summed E-state index contributed by atoms with van der Waals surface area (Å²) in [6.07, 6.45) is -10.9. The molecule has 214 valence electrons. The number of halogens is 6. The largest absolute Gasteiger partial charge is 0.493 e. The van der Waals surface area contributed by atoms with Crippen LogP contribution in [0.2, 0.25) is 0 Å². The van der Waals surface area contributed by atoms with Gasteiger partial charge in [-0.2, -0.15) is 26.3 Å². The van der Waals surface area contributed by atoms with Gasteiger partial charge in [-0.05, 0) is 49.6 Å². The smallest absolute Gasteiger partial charge is 0.416 e. The number of fused-ring (bicyclic) bond motifs is 1. The molecular formula is C26H28F6N2O5. The van der Waals surface area contributed by atoms with Gasteiger partial charge in [0.15, 0.2) is 11.5 Å². The van der Waals surface area contributed by atoms with E-state index in [1.54, 1.807) is 6.92 Å². The van der Waals surface area contributed by atoms with Gasteiger partial charge in [0.05, 0.1) is 37.1 Å². The van der Waals surface area contributed by atoms with Crippen molar-refractivity contribution >= 4 is 17.7 Å². The van der Waals surface area contributed by atoms with Gasteiger partial charge in [-0.3, -0.25) is 9.69 Å². The van der Waals surface area contributed by atoms with Gasteiger partial charge in [0, 0.05) is 30.6 Å². The van der Waals surface area contributed by atoms with Gasteiger partial charge in [-0.1, -0.05) is 6.92 Å². The Balaban J connectivity index is 2.17. The fraction of sp³-hybridized carbons (Fsp3) is 0.462. The minimum absolute atomic E-state index is 0.0129. The van der Waals surface area contributed by atoms with Crippen LogP contribution in [0.3, 0.4) is 0 Å². The van der Waals surface area contributed by atoms with Crippen LogP contribution in [-0.4, -0.2) is 42.3 Å². The molecule has 2 aromatic rings. The molecule has 1 aliphatic heterocycles. The molecule has 0 saturated heterocycles. The van der Waals surface area contributed by atoms with Crippen LogP contribution in [0.4, 0.5) is 36.8 Å². The molecule has 2 atom stereocenters. The zero-order chi connectivity index (χ0) is 29.3.